The fourth-order valence-electron chi connectivity index (χ4n) is 0.984. The zero-order chi connectivity index (χ0) is 8.81. The van der Waals surface area contributed by atoms with Gasteiger partial charge in [0.05, 0.1) is 12.4 Å². The average molecular weight is 167 g/mol. The van der Waals surface area contributed by atoms with E-state index in [1.807, 2.05) is 0 Å². The number of hydrogen-bond acceptors (Lipinski definition) is 3. The first-order valence-electron chi connectivity index (χ1n) is 4.23. The Labute approximate surface area is 72.9 Å². The lowest BCUT2D eigenvalue weighted by Gasteiger charge is -2.12. The van der Waals surface area contributed by atoms with Crippen LogP contribution in [-0.2, 0) is 0 Å². The molecule has 67 valence electrons. The van der Waals surface area contributed by atoms with Gasteiger partial charge in [-0.05, 0) is 31.4 Å². The predicted octanol–water partition coefficient (Wildman–Crippen LogP) is 1.21. The van der Waals surface area contributed by atoms with Crippen LogP contribution in [-0.4, -0.2) is 21.1 Å². The van der Waals surface area contributed by atoms with E-state index in [0.717, 1.165) is 12.8 Å². The van der Waals surface area contributed by atoms with Crippen molar-refractivity contribution < 1.29 is 0 Å². The molecule has 1 radical (unpaired) electrons. The Bertz CT molecular complexity index is 195. The highest BCUT2D eigenvalue weighted by Crippen LogP contribution is 1.99. The van der Waals surface area contributed by atoms with Gasteiger partial charge in [-0.1, -0.05) is 6.92 Å². The third kappa shape index (κ3) is 2.90. The molecule has 0 aliphatic heterocycles. The fourth-order valence-corrected chi connectivity index (χ4v) is 0.984. The number of unbranched alkanes of at least 4 members (excludes halogenated alkanes) is 1. The second-order valence-electron chi connectivity index (χ2n) is 2.86. The van der Waals surface area contributed by atoms with Gasteiger partial charge in [-0.15, -0.1) is 5.10 Å². The molecule has 0 spiro atoms. The van der Waals surface area contributed by atoms with Crippen LogP contribution in [0.3, 0.4) is 0 Å². The summed E-state index contributed by atoms with van der Waals surface area (Å²) in [6.45, 7) is 4.20. The summed E-state index contributed by atoms with van der Waals surface area (Å²) in [7, 11) is 0. The molecule has 0 saturated carbocycles. The molecule has 0 bridgehead atoms. The summed E-state index contributed by atoms with van der Waals surface area (Å²) in [6.07, 6.45) is 7.87. The molecule has 0 aliphatic rings. The largest absolute Gasteiger partial charge is 0.306 e. The fraction of sp³-hybridized carbons (Fsp3) is 0.625. The third-order valence-electron chi connectivity index (χ3n) is 1.66. The molecule has 4 nitrogen and oxygen atoms in total. The highest BCUT2D eigenvalue weighted by molar-refractivity contribution is 4.79. The molecular weight excluding hydrogens is 152 g/mol. The number of aromatic nitrogens is 3. The minimum Gasteiger partial charge on any atom is -0.306 e. The summed E-state index contributed by atoms with van der Waals surface area (Å²) in [5, 5.41) is 7.51. The molecule has 4 heteroatoms. The average Bonchev–Trinajstić information content (AvgIpc) is 2.53. The minimum absolute atomic E-state index is 0.433. The van der Waals surface area contributed by atoms with Crippen molar-refractivity contribution in [1.82, 2.24) is 15.1 Å². The maximum Gasteiger partial charge on any atom is 0.0715 e. The van der Waals surface area contributed by atoms with E-state index >= 15 is 0 Å². The van der Waals surface area contributed by atoms with Crippen LogP contribution in [0, 0.1) is 6.42 Å². The van der Waals surface area contributed by atoms with Gasteiger partial charge in [-0.3, -0.25) is 0 Å². The van der Waals surface area contributed by atoms with Crippen LogP contribution in [0.5, 0.6) is 0 Å². The number of nitrogens with one attached hydrogen (secondary N) is 1. The van der Waals surface area contributed by atoms with Crippen LogP contribution in [0.25, 0.3) is 0 Å². The summed E-state index contributed by atoms with van der Waals surface area (Å²) >= 11 is 0. The van der Waals surface area contributed by atoms with Crippen molar-refractivity contribution in [1.29, 1.82) is 0 Å². The topological polar surface area (TPSA) is 42.7 Å². The van der Waals surface area contributed by atoms with Gasteiger partial charge >= 0.3 is 0 Å². The summed E-state index contributed by atoms with van der Waals surface area (Å²) in [4.78, 5) is 1.64. The van der Waals surface area contributed by atoms with Crippen molar-refractivity contribution in [3.8, 4) is 0 Å². The summed E-state index contributed by atoms with van der Waals surface area (Å²) in [6, 6.07) is 0.433. The highest BCUT2D eigenvalue weighted by Gasteiger charge is 1.99. The SMILES string of the molecule is C[CH]CCC(C)Nn1ccnn1. The van der Waals surface area contributed by atoms with Crippen LogP contribution in [0.2, 0.25) is 0 Å². The molecule has 12 heavy (non-hydrogen) atoms. The lowest BCUT2D eigenvalue weighted by Crippen LogP contribution is -2.25. The zero-order valence-corrected chi connectivity index (χ0v) is 7.57. The zero-order valence-electron chi connectivity index (χ0n) is 7.57. The van der Waals surface area contributed by atoms with Crippen LogP contribution < -0.4 is 5.43 Å². The van der Waals surface area contributed by atoms with Crippen LogP contribution >= 0.6 is 0 Å². The van der Waals surface area contributed by atoms with E-state index < -0.39 is 0 Å². The maximum atomic E-state index is 3.81. The number of nitrogens with zero attached hydrogens (tertiary/aromatic N) is 3. The molecule has 0 saturated heterocycles. The predicted molar refractivity (Wildman–Crippen MR) is 48.1 cm³/mol. The van der Waals surface area contributed by atoms with Crippen LogP contribution in [0.15, 0.2) is 12.4 Å². The van der Waals surface area contributed by atoms with Gasteiger partial charge in [0.1, 0.15) is 0 Å². The van der Waals surface area contributed by atoms with Crippen molar-refractivity contribution in [2.24, 2.45) is 0 Å². The van der Waals surface area contributed by atoms with Gasteiger partial charge in [0.15, 0.2) is 0 Å². The molecule has 1 heterocycles. The normalized spacial score (nSPS) is 12.8. The Morgan fingerprint density at radius 3 is 3.08 bits per heavy atom. The smallest absolute Gasteiger partial charge is 0.0715 e. The second kappa shape index (κ2) is 4.74. The first-order valence-corrected chi connectivity index (χ1v) is 4.23. The highest BCUT2D eigenvalue weighted by atomic mass is 15.6. The van der Waals surface area contributed by atoms with E-state index in [9.17, 15) is 0 Å². The van der Waals surface area contributed by atoms with Gasteiger partial charge in [0, 0.05) is 6.04 Å². The van der Waals surface area contributed by atoms with Crippen molar-refractivity contribution in [3.63, 3.8) is 0 Å². The van der Waals surface area contributed by atoms with Crippen molar-refractivity contribution in [2.45, 2.75) is 32.7 Å². The summed E-state index contributed by atoms with van der Waals surface area (Å²) in [5.41, 5.74) is 3.18. The van der Waals surface area contributed by atoms with E-state index in [4.69, 9.17) is 0 Å². The van der Waals surface area contributed by atoms with Crippen molar-refractivity contribution in [2.75, 3.05) is 5.43 Å². The van der Waals surface area contributed by atoms with Crippen molar-refractivity contribution >= 4 is 0 Å². The molecular formula is C8H15N4. The van der Waals surface area contributed by atoms with Crippen LogP contribution in [0.1, 0.15) is 26.7 Å². The van der Waals surface area contributed by atoms with E-state index in [2.05, 4.69) is 36.0 Å². The standard InChI is InChI=1S/C8H15N4/c1-3-4-5-8(2)10-12-7-6-9-11-12/h3,6-8,10H,4-5H2,1-2H3. The number of hydrogen-bond donors (Lipinski definition) is 1. The molecule has 1 unspecified atom stereocenters. The molecule has 1 aromatic rings. The third-order valence-corrected chi connectivity index (χ3v) is 1.66. The Balaban J connectivity index is 2.22. The van der Waals surface area contributed by atoms with Crippen molar-refractivity contribution in [3.05, 3.63) is 18.8 Å². The first kappa shape index (κ1) is 9.03. The van der Waals surface area contributed by atoms with Gasteiger partial charge in [0.2, 0.25) is 0 Å². The summed E-state index contributed by atoms with van der Waals surface area (Å²) < 4.78 is 0. The summed E-state index contributed by atoms with van der Waals surface area (Å²) in [5.74, 6) is 0. The molecule has 1 N–H and O–H groups in total. The van der Waals surface area contributed by atoms with E-state index in [1.165, 1.54) is 0 Å². The van der Waals surface area contributed by atoms with E-state index in [1.54, 1.807) is 17.2 Å². The molecule has 1 rings (SSSR count). The first-order chi connectivity index (χ1) is 5.83. The minimum atomic E-state index is 0.433. The quantitative estimate of drug-likeness (QED) is 0.717. The number of rotatable bonds is 5. The molecule has 1 aromatic heterocycles. The Morgan fingerprint density at radius 1 is 1.67 bits per heavy atom. The van der Waals surface area contributed by atoms with Gasteiger partial charge in [0.25, 0.3) is 0 Å². The maximum absolute atomic E-state index is 3.81. The second-order valence-corrected chi connectivity index (χ2v) is 2.86. The van der Waals surface area contributed by atoms with Gasteiger partial charge < -0.3 is 5.43 Å². The molecule has 1 atom stereocenters. The lowest BCUT2D eigenvalue weighted by molar-refractivity contribution is 0.581. The van der Waals surface area contributed by atoms with E-state index in [0.29, 0.717) is 6.04 Å². The molecule has 0 amide bonds. The molecule has 0 aliphatic carbocycles. The Hall–Kier alpha value is -1.06. The van der Waals surface area contributed by atoms with E-state index in [-0.39, 0.29) is 0 Å². The van der Waals surface area contributed by atoms with Gasteiger partial charge in [-0.25, -0.2) is 0 Å². The Morgan fingerprint density at radius 2 is 2.50 bits per heavy atom. The lowest BCUT2D eigenvalue weighted by atomic mass is 10.1. The molecule has 0 fully saturated rings. The Kier molecular flexibility index (Phi) is 3.57. The van der Waals surface area contributed by atoms with Gasteiger partial charge in [-0.2, -0.15) is 4.79 Å². The monoisotopic (exact) mass is 167 g/mol. The van der Waals surface area contributed by atoms with Crippen LogP contribution in [0.4, 0.5) is 0 Å². The molecule has 0 aromatic carbocycles.